The van der Waals surface area contributed by atoms with Crippen molar-refractivity contribution in [1.82, 2.24) is 0 Å². The Morgan fingerprint density at radius 3 is 2.32 bits per heavy atom. The highest BCUT2D eigenvalue weighted by atomic mass is 16.6. The van der Waals surface area contributed by atoms with Crippen LogP contribution in [0.4, 0.5) is 0 Å². The summed E-state index contributed by atoms with van der Waals surface area (Å²) in [6.45, 7) is 8.69. The molecule has 0 aromatic carbocycles. The van der Waals surface area contributed by atoms with E-state index in [0.717, 1.165) is 5.57 Å². The molecule has 202 valence electrons. The van der Waals surface area contributed by atoms with Crippen LogP contribution in [0.15, 0.2) is 35.6 Å². The number of carbonyl (C=O) groups is 4. The lowest BCUT2D eigenvalue weighted by Crippen LogP contribution is -2.71. The molecule has 2 unspecified atom stereocenters. The summed E-state index contributed by atoms with van der Waals surface area (Å²) >= 11 is 0. The predicted octanol–water partition coefficient (Wildman–Crippen LogP) is 2.55. The average Bonchev–Trinajstić information content (AvgIpc) is 3.00. The Hall–Kier alpha value is -2.78. The highest BCUT2D eigenvalue weighted by molar-refractivity contribution is 5.93. The van der Waals surface area contributed by atoms with Crippen LogP contribution < -0.4 is 0 Å². The first-order valence-electron chi connectivity index (χ1n) is 12.7. The topological polar surface area (TPSA) is 136 Å². The third-order valence-corrected chi connectivity index (χ3v) is 9.43. The number of hydrogen-bond acceptors (Lipinski definition) is 9. The number of carbonyl (C=O) groups excluding carboxylic acids is 4. The molecule has 8 atom stereocenters. The van der Waals surface area contributed by atoms with E-state index in [1.54, 1.807) is 18.2 Å². The number of aliphatic hydroxyl groups is 2. The zero-order valence-electron chi connectivity index (χ0n) is 22.2. The van der Waals surface area contributed by atoms with E-state index in [0.29, 0.717) is 18.6 Å². The van der Waals surface area contributed by atoms with Crippen LogP contribution in [-0.4, -0.2) is 57.8 Å². The van der Waals surface area contributed by atoms with Gasteiger partial charge in [-0.2, -0.15) is 0 Å². The Bertz CT molecular complexity index is 1130. The van der Waals surface area contributed by atoms with E-state index in [-0.39, 0.29) is 12.3 Å². The van der Waals surface area contributed by atoms with Crippen LogP contribution in [0.2, 0.25) is 0 Å². The minimum Gasteiger partial charge on any atom is -0.458 e. The molecule has 0 aromatic rings. The summed E-state index contributed by atoms with van der Waals surface area (Å²) in [5, 5.41) is 24.0. The molecular weight excluding hydrogens is 480 g/mol. The summed E-state index contributed by atoms with van der Waals surface area (Å²) in [4.78, 5) is 48.9. The van der Waals surface area contributed by atoms with Crippen molar-refractivity contribution in [2.45, 2.75) is 78.1 Å². The van der Waals surface area contributed by atoms with E-state index in [2.05, 4.69) is 0 Å². The molecule has 0 heterocycles. The molecule has 0 saturated heterocycles. The van der Waals surface area contributed by atoms with Crippen molar-refractivity contribution in [1.29, 1.82) is 0 Å². The molecule has 9 nitrogen and oxygen atoms in total. The number of allylic oxidation sites excluding steroid dienone is 3. The Balaban J connectivity index is 1.80. The highest BCUT2D eigenvalue weighted by Crippen LogP contribution is 2.69. The SMILES string of the molecule is CC(=O)OCC(=O)[C@@]1(OC(C)=O)C(C)C[C@H]2[C@@H]3CC=C4C=C(OC(C)=O)C=C[C@]4(C)[C@@]3(O)C(O)C[C@@]21C. The van der Waals surface area contributed by atoms with Crippen LogP contribution in [0, 0.1) is 28.6 Å². The lowest BCUT2D eigenvalue weighted by atomic mass is 9.45. The number of ether oxygens (including phenoxy) is 3. The van der Waals surface area contributed by atoms with Gasteiger partial charge in [-0.05, 0) is 55.7 Å². The van der Waals surface area contributed by atoms with Gasteiger partial charge in [0.25, 0.3) is 0 Å². The first kappa shape index (κ1) is 27.3. The van der Waals surface area contributed by atoms with E-state index >= 15 is 0 Å². The van der Waals surface area contributed by atoms with Crippen molar-refractivity contribution in [3.05, 3.63) is 35.6 Å². The van der Waals surface area contributed by atoms with Crippen molar-refractivity contribution in [3.8, 4) is 0 Å². The van der Waals surface area contributed by atoms with Gasteiger partial charge in [0, 0.05) is 37.5 Å². The second-order valence-corrected chi connectivity index (χ2v) is 11.4. The maximum Gasteiger partial charge on any atom is 0.308 e. The average molecular weight is 517 g/mol. The van der Waals surface area contributed by atoms with Gasteiger partial charge in [0.05, 0.1) is 6.10 Å². The molecule has 2 saturated carbocycles. The third kappa shape index (κ3) is 3.73. The maximum absolute atomic E-state index is 13.7. The fraction of sp³-hybridized carbons (Fsp3) is 0.643. The van der Waals surface area contributed by atoms with Gasteiger partial charge in [-0.3, -0.25) is 19.2 Å². The Morgan fingerprint density at radius 1 is 1.05 bits per heavy atom. The molecule has 4 rings (SSSR count). The molecule has 0 aliphatic heterocycles. The molecule has 0 amide bonds. The molecule has 4 aliphatic carbocycles. The van der Waals surface area contributed by atoms with Crippen LogP contribution in [0.25, 0.3) is 0 Å². The molecule has 4 aliphatic rings. The second kappa shape index (κ2) is 8.91. The van der Waals surface area contributed by atoms with Crippen molar-refractivity contribution in [3.63, 3.8) is 0 Å². The molecular formula is C28H36O9. The summed E-state index contributed by atoms with van der Waals surface area (Å²) in [7, 11) is 0. The van der Waals surface area contributed by atoms with Crippen molar-refractivity contribution < 1.29 is 43.6 Å². The molecule has 0 bridgehead atoms. The van der Waals surface area contributed by atoms with E-state index in [4.69, 9.17) is 14.2 Å². The van der Waals surface area contributed by atoms with Crippen LogP contribution in [-0.2, 0) is 33.4 Å². The number of ketones is 1. The summed E-state index contributed by atoms with van der Waals surface area (Å²) in [5.74, 6) is -3.11. The van der Waals surface area contributed by atoms with Gasteiger partial charge in [-0.15, -0.1) is 0 Å². The summed E-state index contributed by atoms with van der Waals surface area (Å²) in [6, 6.07) is 0. The highest BCUT2D eigenvalue weighted by Gasteiger charge is 2.76. The van der Waals surface area contributed by atoms with Gasteiger partial charge < -0.3 is 24.4 Å². The fourth-order valence-corrected chi connectivity index (χ4v) is 7.93. The number of Topliss-reactive ketones (excluding diaryl/α,β-unsaturated/α-hetero) is 1. The second-order valence-electron chi connectivity index (χ2n) is 11.4. The zero-order chi connectivity index (χ0) is 27.6. The number of fused-ring (bicyclic) bond motifs is 5. The normalized spacial score (nSPS) is 41.8. The minimum atomic E-state index is -1.63. The van der Waals surface area contributed by atoms with Gasteiger partial charge in [0.15, 0.2) is 12.2 Å². The van der Waals surface area contributed by atoms with Gasteiger partial charge in [-0.1, -0.05) is 26.0 Å². The van der Waals surface area contributed by atoms with Crippen LogP contribution in [0.5, 0.6) is 0 Å². The molecule has 0 aromatic heterocycles. The van der Waals surface area contributed by atoms with Crippen molar-refractivity contribution in [2.24, 2.45) is 28.6 Å². The number of aliphatic hydroxyl groups excluding tert-OH is 1. The Morgan fingerprint density at radius 2 is 1.73 bits per heavy atom. The van der Waals surface area contributed by atoms with Gasteiger partial charge in [-0.25, -0.2) is 0 Å². The van der Waals surface area contributed by atoms with Crippen LogP contribution >= 0.6 is 0 Å². The van der Waals surface area contributed by atoms with Gasteiger partial charge in [0.2, 0.25) is 5.78 Å². The van der Waals surface area contributed by atoms with E-state index in [9.17, 15) is 29.4 Å². The fourth-order valence-electron chi connectivity index (χ4n) is 7.93. The van der Waals surface area contributed by atoms with Crippen LogP contribution in [0.3, 0.4) is 0 Å². The minimum absolute atomic E-state index is 0.00861. The number of rotatable bonds is 5. The molecule has 2 fully saturated rings. The largest absolute Gasteiger partial charge is 0.458 e. The molecule has 0 spiro atoms. The molecule has 2 N–H and O–H groups in total. The smallest absolute Gasteiger partial charge is 0.308 e. The number of hydrogen-bond donors (Lipinski definition) is 2. The van der Waals surface area contributed by atoms with Crippen LogP contribution in [0.1, 0.15) is 60.8 Å². The van der Waals surface area contributed by atoms with Gasteiger partial charge in [0.1, 0.15) is 11.4 Å². The lowest BCUT2D eigenvalue weighted by Gasteiger charge is -2.63. The van der Waals surface area contributed by atoms with Crippen molar-refractivity contribution >= 4 is 23.7 Å². The summed E-state index contributed by atoms with van der Waals surface area (Å²) in [6.07, 6.45) is 6.65. The lowest BCUT2D eigenvalue weighted by molar-refractivity contribution is -0.247. The molecule has 9 heteroatoms. The number of esters is 3. The first-order valence-corrected chi connectivity index (χ1v) is 12.7. The summed E-state index contributed by atoms with van der Waals surface area (Å²) < 4.78 is 16.1. The van der Waals surface area contributed by atoms with E-state index in [1.165, 1.54) is 20.8 Å². The molecule has 0 radical (unpaired) electrons. The summed E-state index contributed by atoms with van der Waals surface area (Å²) in [5.41, 5.74) is -4.50. The Labute approximate surface area is 216 Å². The third-order valence-electron chi connectivity index (χ3n) is 9.43. The first-order chi connectivity index (χ1) is 17.1. The van der Waals surface area contributed by atoms with Gasteiger partial charge >= 0.3 is 17.9 Å². The zero-order valence-corrected chi connectivity index (χ0v) is 22.2. The van der Waals surface area contributed by atoms with E-state index in [1.807, 2.05) is 26.8 Å². The quantitative estimate of drug-likeness (QED) is 0.417. The Kier molecular flexibility index (Phi) is 6.56. The van der Waals surface area contributed by atoms with Crippen molar-refractivity contribution in [2.75, 3.05) is 6.61 Å². The van der Waals surface area contributed by atoms with E-state index < -0.39 is 70.3 Å². The maximum atomic E-state index is 13.7. The molecule has 37 heavy (non-hydrogen) atoms. The standard InChI is InChI=1S/C28H36O9/c1-15-11-22-21-8-7-19-12-20(36-17(3)30)9-10-25(19,5)27(21,34)23(32)13-26(22,6)28(15,37-18(4)31)24(33)14-35-16(2)29/h7,9-10,12,15,21-23,32,34H,8,11,13-14H2,1-6H3/t15?,21-,22-,23?,25-,26-,27-,28-/m0/s1. The predicted molar refractivity (Wildman–Crippen MR) is 130 cm³/mol. The monoisotopic (exact) mass is 516 g/mol.